The summed E-state index contributed by atoms with van der Waals surface area (Å²) < 4.78 is 6.27. The molecule has 144 valence electrons. The van der Waals surface area contributed by atoms with Crippen molar-refractivity contribution in [2.45, 2.75) is 51.6 Å². The quantitative estimate of drug-likeness (QED) is 0.864. The minimum Gasteiger partial charge on any atom is -0.477 e. The molecule has 1 N–H and O–H groups in total. The average Bonchev–Trinajstić information content (AvgIpc) is 3.11. The maximum atomic E-state index is 11.4. The number of carboxylic acids is 1. The predicted octanol–water partition coefficient (Wildman–Crippen LogP) is 3.57. The van der Waals surface area contributed by atoms with Crippen LogP contribution < -0.4 is 4.90 Å². The Hall–Kier alpha value is -1.99. The molecule has 1 spiro atoms. The molecule has 27 heavy (non-hydrogen) atoms. The number of ether oxygens (including phenoxy) is 1. The third-order valence-electron chi connectivity index (χ3n) is 5.57. The second-order valence-electron chi connectivity index (χ2n) is 7.35. The summed E-state index contributed by atoms with van der Waals surface area (Å²) in [5.74, 6) is 1.000. The summed E-state index contributed by atoms with van der Waals surface area (Å²) in [5, 5.41) is 9.37. The smallest absolute Gasteiger partial charge is 0.345 e. The van der Waals surface area contributed by atoms with Crippen molar-refractivity contribution < 1.29 is 14.6 Å². The lowest BCUT2D eigenvalue weighted by atomic mass is 9.82. The van der Waals surface area contributed by atoms with Crippen LogP contribution in [-0.4, -0.2) is 40.7 Å². The molecule has 0 aromatic carbocycles. The van der Waals surface area contributed by atoms with Crippen molar-refractivity contribution >= 4 is 23.1 Å². The number of aryl methyl sites for hydroxylation is 2. The Kier molecular flexibility index (Phi) is 4.90. The highest BCUT2D eigenvalue weighted by molar-refractivity contribution is 7.14. The Morgan fingerprint density at radius 1 is 1.41 bits per heavy atom. The molecule has 2 aromatic rings. The van der Waals surface area contributed by atoms with Crippen molar-refractivity contribution in [3.8, 4) is 0 Å². The second kappa shape index (κ2) is 7.20. The van der Waals surface area contributed by atoms with E-state index in [4.69, 9.17) is 9.72 Å². The Labute approximate surface area is 163 Å². The summed E-state index contributed by atoms with van der Waals surface area (Å²) in [6.45, 7) is 6.47. The molecule has 4 rings (SSSR count). The van der Waals surface area contributed by atoms with Crippen LogP contribution in [0.1, 0.15) is 57.7 Å². The largest absolute Gasteiger partial charge is 0.477 e. The predicted molar refractivity (Wildman–Crippen MR) is 105 cm³/mol. The van der Waals surface area contributed by atoms with Gasteiger partial charge in [0.15, 0.2) is 0 Å². The summed E-state index contributed by atoms with van der Waals surface area (Å²) in [6, 6.07) is 1.84. The Morgan fingerprint density at radius 3 is 2.89 bits per heavy atom. The number of rotatable bonds is 4. The van der Waals surface area contributed by atoms with Crippen molar-refractivity contribution in [1.82, 2.24) is 9.97 Å². The normalized spacial score (nSPS) is 18.5. The highest BCUT2D eigenvalue weighted by Crippen LogP contribution is 2.45. The first-order valence-electron chi connectivity index (χ1n) is 9.60. The summed E-state index contributed by atoms with van der Waals surface area (Å²) >= 11 is 1.41. The van der Waals surface area contributed by atoms with Crippen molar-refractivity contribution in [2.75, 3.05) is 24.6 Å². The minimum atomic E-state index is -0.845. The maximum Gasteiger partial charge on any atom is 0.345 e. The van der Waals surface area contributed by atoms with Gasteiger partial charge in [0.25, 0.3) is 0 Å². The van der Waals surface area contributed by atoms with Gasteiger partial charge in [-0.05, 0) is 37.8 Å². The van der Waals surface area contributed by atoms with Crippen LogP contribution in [0.3, 0.4) is 0 Å². The standard InChI is InChI=1S/C20H25N3O3S/c1-3-4-14-12-21-13(2)22-18(14)23-8-6-20(7-9-23)15-11-17(19(24)25)27-16(15)5-10-26-20/h11-12H,3-10H2,1-2H3,(H,24,25). The van der Waals surface area contributed by atoms with Crippen molar-refractivity contribution in [2.24, 2.45) is 0 Å². The number of aromatic nitrogens is 2. The highest BCUT2D eigenvalue weighted by atomic mass is 32.1. The maximum absolute atomic E-state index is 11.4. The first kappa shape index (κ1) is 18.4. The van der Waals surface area contributed by atoms with Gasteiger partial charge in [0.1, 0.15) is 16.5 Å². The number of carbonyl (C=O) groups is 1. The van der Waals surface area contributed by atoms with E-state index < -0.39 is 5.97 Å². The first-order chi connectivity index (χ1) is 13.0. The molecule has 2 aromatic heterocycles. The lowest BCUT2D eigenvalue weighted by Crippen LogP contribution is -2.46. The fourth-order valence-corrected chi connectivity index (χ4v) is 5.29. The van der Waals surface area contributed by atoms with Gasteiger partial charge in [0.2, 0.25) is 0 Å². The number of fused-ring (bicyclic) bond motifs is 2. The summed E-state index contributed by atoms with van der Waals surface area (Å²) in [6.07, 6.45) is 6.51. The first-order valence-corrected chi connectivity index (χ1v) is 10.4. The number of aromatic carboxylic acids is 1. The molecule has 0 bridgehead atoms. The molecule has 2 aliphatic heterocycles. The molecule has 0 aliphatic carbocycles. The van der Waals surface area contributed by atoms with Gasteiger partial charge < -0.3 is 14.7 Å². The van der Waals surface area contributed by atoms with Gasteiger partial charge in [-0.1, -0.05) is 13.3 Å². The fourth-order valence-electron chi connectivity index (χ4n) is 4.22. The third kappa shape index (κ3) is 3.34. The van der Waals surface area contributed by atoms with Crippen LogP contribution in [0.4, 0.5) is 5.82 Å². The van der Waals surface area contributed by atoms with E-state index in [2.05, 4.69) is 16.8 Å². The molecular formula is C20H25N3O3S. The van der Waals surface area contributed by atoms with Gasteiger partial charge in [0, 0.05) is 36.1 Å². The monoisotopic (exact) mass is 387 g/mol. The topological polar surface area (TPSA) is 75.5 Å². The average molecular weight is 388 g/mol. The Balaban J connectivity index is 1.58. The van der Waals surface area contributed by atoms with Crippen LogP contribution in [0, 0.1) is 6.92 Å². The number of thiophene rings is 1. The molecule has 1 fully saturated rings. The van der Waals surface area contributed by atoms with Crippen LogP contribution in [-0.2, 0) is 23.2 Å². The number of carboxylic acid groups (broad SMARTS) is 1. The summed E-state index contributed by atoms with van der Waals surface area (Å²) in [7, 11) is 0. The van der Waals surface area contributed by atoms with Gasteiger partial charge in [0.05, 0.1) is 12.2 Å². The molecular weight excluding hydrogens is 362 g/mol. The molecule has 4 heterocycles. The number of hydrogen-bond acceptors (Lipinski definition) is 6. The van der Waals surface area contributed by atoms with E-state index in [0.29, 0.717) is 11.5 Å². The third-order valence-corrected chi connectivity index (χ3v) is 6.75. The molecule has 6 nitrogen and oxygen atoms in total. The lowest BCUT2D eigenvalue weighted by molar-refractivity contribution is -0.0757. The highest BCUT2D eigenvalue weighted by Gasteiger charge is 2.42. The zero-order chi connectivity index (χ0) is 19.0. The van der Waals surface area contributed by atoms with Crippen molar-refractivity contribution in [3.05, 3.63) is 39.0 Å². The van der Waals surface area contributed by atoms with Gasteiger partial charge in [-0.25, -0.2) is 14.8 Å². The van der Waals surface area contributed by atoms with E-state index in [9.17, 15) is 9.90 Å². The Bertz CT molecular complexity index is 856. The van der Waals surface area contributed by atoms with Gasteiger partial charge >= 0.3 is 5.97 Å². The van der Waals surface area contributed by atoms with Crippen LogP contribution in [0.2, 0.25) is 0 Å². The van der Waals surface area contributed by atoms with Crippen LogP contribution in [0.25, 0.3) is 0 Å². The van der Waals surface area contributed by atoms with Crippen LogP contribution >= 0.6 is 11.3 Å². The summed E-state index contributed by atoms with van der Waals surface area (Å²) in [5.41, 5.74) is 1.96. The molecule has 0 unspecified atom stereocenters. The molecule has 0 saturated carbocycles. The van der Waals surface area contributed by atoms with Crippen molar-refractivity contribution in [3.63, 3.8) is 0 Å². The minimum absolute atomic E-state index is 0.346. The summed E-state index contributed by atoms with van der Waals surface area (Å²) in [4.78, 5) is 24.4. The number of nitrogens with zero attached hydrogens (tertiary/aromatic N) is 3. The van der Waals surface area contributed by atoms with Gasteiger partial charge in [-0.3, -0.25) is 0 Å². The number of piperidine rings is 1. The zero-order valence-corrected chi connectivity index (χ0v) is 16.6. The molecule has 2 aliphatic rings. The zero-order valence-electron chi connectivity index (χ0n) is 15.8. The molecule has 0 atom stereocenters. The van der Waals surface area contributed by atoms with Gasteiger partial charge in [-0.2, -0.15) is 0 Å². The van der Waals surface area contributed by atoms with E-state index in [0.717, 1.165) is 62.4 Å². The lowest BCUT2D eigenvalue weighted by Gasteiger charge is -2.44. The number of anilines is 1. The van der Waals surface area contributed by atoms with Gasteiger partial charge in [-0.15, -0.1) is 11.3 Å². The SMILES string of the molecule is CCCc1cnc(C)nc1N1CCC2(CC1)OCCc1sc(C(=O)O)cc12. The molecule has 7 heteroatoms. The Morgan fingerprint density at radius 2 is 2.19 bits per heavy atom. The molecule has 0 amide bonds. The van der Waals surface area contributed by atoms with Crippen LogP contribution in [0.5, 0.6) is 0 Å². The van der Waals surface area contributed by atoms with E-state index in [1.165, 1.54) is 21.8 Å². The number of hydrogen-bond donors (Lipinski definition) is 1. The second-order valence-corrected chi connectivity index (χ2v) is 8.49. The molecule has 1 saturated heterocycles. The van der Waals surface area contributed by atoms with Crippen molar-refractivity contribution in [1.29, 1.82) is 0 Å². The van der Waals surface area contributed by atoms with E-state index in [-0.39, 0.29) is 5.60 Å². The van der Waals surface area contributed by atoms with E-state index in [1.807, 2.05) is 19.2 Å². The van der Waals surface area contributed by atoms with Crippen LogP contribution in [0.15, 0.2) is 12.3 Å². The fraction of sp³-hybridized carbons (Fsp3) is 0.550. The molecule has 0 radical (unpaired) electrons. The van der Waals surface area contributed by atoms with E-state index in [1.54, 1.807) is 0 Å². The van der Waals surface area contributed by atoms with E-state index >= 15 is 0 Å².